The second-order valence-electron chi connectivity index (χ2n) is 4.30. The van der Waals surface area contributed by atoms with E-state index in [1.165, 1.54) is 0 Å². The number of nitrogens with zero attached hydrogens (tertiary/aromatic N) is 1. The van der Waals surface area contributed by atoms with Crippen LogP contribution in [-0.4, -0.2) is 5.16 Å². The molecule has 0 atom stereocenters. The van der Waals surface area contributed by atoms with Gasteiger partial charge in [0.2, 0.25) is 5.88 Å². The van der Waals surface area contributed by atoms with Crippen LogP contribution in [0.15, 0.2) is 39.5 Å². The first-order valence-corrected chi connectivity index (χ1v) is 6.59. The number of hydrogen-bond donors (Lipinski definition) is 1. The lowest BCUT2D eigenvalue weighted by Crippen LogP contribution is -1.90. The van der Waals surface area contributed by atoms with Gasteiger partial charge in [0.1, 0.15) is 0 Å². The van der Waals surface area contributed by atoms with Crippen LogP contribution in [0.2, 0.25) is 10.0 Å². The largest absolute Gasteiger partial charge is 0.462 e. The SMILES string of the molecule is Cc1ccoc1-c1noc(N)c1-c1c(Cl)cccc1Cl. The lowest BCUT2D eigenvalue weighted by molar-refractivity contribution is 0.435. The van der Waals surface area contributed by atoms with E-state index in [0.29, 0.717) is 32.6 Å². The zero-order valence-electron chi connectivity index (χ0n) is 10.5. The van der Waals surface area contributed by atoms with Crippen molar-refractivity contribution in [2.75, 3.05) is 5.73 Å². The van der Waals surface area contributed by atoms with E-state index in [2.05, 4.69) is 5.16 Å². The Bertz CT molecular complexity index is 757. The van der Waals surface area contributed by atoms with Crippen molar-refractivity contribution in [1.29, 1.82) is 0 Å². The van der Waals surface area contributed by atoms with Gasteiger partial charge in [-0.05, 0) is 30.7 Å². The first kappa shape index (κ1) is 13.1. The second-order valence-corrected chi connectivity index (χ2v) is 5.11. The van der Waals surface area contributed by atoms with Crippen molar-refractivity contribution in [3.05, 3.63) is 46.1 Å². The molecule has 2 heterocycles. The topological polar surface area (TPSA) is 65.2 Å². The Labute approximate surface area is 125 Å². The molecule has 4 nitrogen and oxygen atoms in total. The van der Waals surface area contributed by atoms with Crippen LogP contribution in [-0.2, 0) is 0 Å². The third-order valence-corrected chi connectivity index (χ3v) is 3.64. The van der Waals surface area contributed by atoms with Crippen LogP contribution in [0.5, 0.6) is 0 Å². The predicted octanol–water partition coefficient (Wildman–Crippen LogP) is 4.80. The van der Waals surface area contributed by atoms with Crippen molar-refractivity contribution in [3.63, 3.8) is 0 Å². The molecule has 6 heteroatoms. The number of anilines is 1. The third-order valence-electron chi connectivity index (χ3n) is 3.01. The average molecular weight is 309 g/mol. The lowest BCUT2D eigenvalue weighted by atomic mass is 10.0. The van der Waals surface area contributed by atoms with Gasteiger partial charge in [0.05, 0.1) is 21.9 Å². The van der Waals surface area contributed by atoms with E-state index in [-0.39, 0.29) is 5.88 Å². The number of rotatable bonds is 2. The van der Waals surface area contributed by atoms with E-state index in [0.717, 1.165) is 5.56 Å². The molecule has 20 heavy (non-hydrogen) atoms. The minimum atomic E-state index is 0.144. The first-order chi connectivity index (χ1) is 9.59. The molecule has 0 aliphatic heterocycles. The summed E-state index contributed by atoms with van der Waals surface area (Å²) in [5.41, 5.74) is 8.41. The molecule has 3 aromatic rings. The van der Waals surface area contributed by atoms with Crippen LogP contribution < -0.4 is 5.73 Å². The first-order valence-electron chi connectivity index (χ1n) is 5.83. The maximum Gasteiger partial charge on any atom is 0.230 e. The van der Waals surface area contributed by atoms with Gasteiger partial charge in [0.25, 0.3) is 0 Å². The third kappa shape index (κ3) is 1.97. The number of hydrogen-bond acceptors (Lipinski definition) is 4. The molecular weight excluding hydrogens is 299 g/mol. The highest BCUT2D eigenvalue weighted by Gasteiger charge is 2.24. The molecule has 0 spiro atoms. The molecule has 0 aliphatic carbocycles. The summed E-state index contributed by atoms with van der Waals surface area (Å²) in [5.74, 6) is 0.724. The molecule has 1 aromatic carbocycles. The van der Waals surface area contributed by atoms with E-state index < -0.39 is 0 Å². The van der Waals surface area contributed by atoms with Crippen molar-refractivity contribution >= 4 is 29.1 Å². The zero-order valence-corrected chi connectivity index (χ0v) is 12.0. The second kappa shape index (κ2) is 4.89. The Morgan fingerprint density at radius 2 is 1.80 bits per heavy atom. The molecule has 0 saturated heterocycles. The van der Waals surface area contributed by atoms with Crippen molar-refractivity contribution in [1.82, 2.24) is 5.16 Å². The molecule has 2 aromatic heterocycles. The van der Waals surface area contributed by atoms with E-state index in [4.69, 9.17) is 37.9 Å². The minimum absolute atomic E-state index is 0.144. The smallest absolute Gasteiger partial charge is 0.230 e. The summed E-state index contributed by atoms with van der Waals surface area (Å²) in [6.45, 7) is 1.90. The van der Waals surface area contributed by atoms with E-state index in [1.807, 2.05) is 13.0 Å². The van der Waals surface area contributed by atoms with Crippen LogP contribution in [0, 0.1) is 6.92 Å². The van der Waals surface area contributed by atoms with E-state index in [1.54, 1.807) is 24.5 Å². The highest BCUT2D eigenvalue weighted by atomic mass is 35.5. The molecule has 2 N–H and O–H groups in total. The Kier molecular flexibility index (Phi) is 3.20. The van der Waals surface area contributed by atoms with Gasteiger partial charge in [0.15, 0.2) is 11.5 Å². The molecule has 0 saturated carbocycles. The molecule has 0 amide bonds. The van der Waals surface area contributed by atoms with Gasteiger partial charge in [-0.25, -0.2) is 0 Å². The van der Waals surface area contributed by atoms with Crippen LogP contribution in [0.25, 0.3) is 22.6 Å². The summed E-state index contributed by atoms with van der Waals surface area (Å²) in [7, 11) is 0. The van der Waals surface area contributed by atoms with Crippen molar-refractivity contribution in [3.8, 4) is 22.6 Å². The highest BCUT2D eigenvalue weighted by molar-refractivity contribution is 6.39. The number of nitrogens with two attached hydrogens (primary N) is 1. The molecule has 0 unspecified atom stereocenters. The summed E-state index contributed by atoms with van der Waals surface area (Å²) in [4.78, 5) is 0. The number of furan rings is 1. The average Bonchev–Trinajstić information content (AvgIpc) is 2.97. The molecule has 0 aliphatic rings. The number of aryl methyl sites for hydroxylation is 1. The highest BCUT2D eigenvalue weighted by Crippen LogP contribution is 2.43. The lowest BCUT2D eigenvalue weighted by Gasteiger charge is -2.06. The molecule has 0 bridgehead atoms. The maximum atomic E-state index is 6.23. The maximum absolute atomic E-state index is 6.23. The Hall–Kier alpha value is -1.91. The van der Waals surface area contributed by atoms with Gasteiger partial charge in [0, 0.05) is 5.56 Å². The molecule has 0 radical (unpaired) electrons. The normalized spacial score (nSPS) is 10.9. The molecule has 3 rings (SSSR count). The Morgan fingerprint density at radius 3 is 2.40 bits per heavy atom. The quantitative estimate of drug-likeness (QED) is 0.738. The van der Waals surface area contributed by atoms with Gasteiger partial charge >= 0.3 is 0 Å². The predicted molar refractivity (Wildman–Crippen MR) is 78.8 cm³/mol. The van der Waals surface area contributed by atoms with Crippen LogP contribution in [0.3, 0.4) is 0 Å². The van der Waals surface area contributed by atoms with Crippen LogP contribution >= 0.6 is 23.2 Å². The Balaban J connectivity index is 2.31. The summed E-state index contributed by atoms with van der Waals surface area (Å²) in [6, 6.07) is 7.05. The molecular formula is C14H10Cl2N2O2. The molecule has 0 fully saturated rings. The van der Waals surface area contributed by atoms with Gasteiger partial charge in [-0.2, -0.15) is 0 Å². The number of nitrogen functional groups attached to an aromatic ring is 1. The fraction of sp³-hybridized carbons (Fsp3) is 0.0714. The van der Waals surface area contributed by atoms with Gasteiger partial charge in [-0.15, -0.1) is 0 Å². The minimum Gasteiger partial charge on any atom is -0.462 e. The summed E-state index contributed by atoms with van der Waals surface area (Å²) >= 11 is 12.5. The standard InChI is InChI=1S/C14H10Cl2N2O2/c1-7-5-6-19-13(7)12-11(14(17)20-18-12)10-8(15)3-2-4-9(10)16/h2-6H,17H2,1H3. The van der Waals surface area contributed by atoms with E-state index in [9.17, 15) is 0 Å². The number of benzene rings is 1. The number of aromatic nitrogens is 1. The number of halogens is 2. The van der Waals surface area contributed by atoms with Gasteiger partial charge in [-0.3, -0.25) is 0 Å². The molecule has 102 valence electrons. The van der Waals surface area contributed by atoms with Gasteiger partial charge < -0.3 is 14.7 Å². The zero-order chi connectivity index (χ0) is 14.3. The summed E-state index contributed by atoms with van der Waals surface area (Å²) < 4.78 is 10.5. The van der Waals surface area contributed by atoms with Crippen molar-refractivity contribution < 1.29 is 8.94 Å². The summed E-state index contributed by atoms with van der Waals surface area (Å²) in [5, 5.41) is 4.91. The van der Waals surface area contributed by atoms with Crippen molar-refractivity contribution in [2.45, 2.75) is 6.92 Å². The summed E-state index contributed by atoms with van der Waals surface area (Å²) in [6.07, 6.45) is 1.58. The van der Waals surface area contributed by atoms with Crippen molar-refractivity contribution in [2.24, 2.45) is 0 Å². The Morgan fingerprint density at radius 1 is 1.10 bits per heavy atom. The fourth-order valence-electron chi connectivity index (χ4n) is 2.05. The fourth-order valence-corrected chi connectivity index (χ4v) is 2.64. The monoisotopic (exact) mass is 308 g/mol. The van der Waals surface area contributed by atoms with Gasteiger partial charge in [-0.1, -0.05) is 34.4 Å². The van der Waals surface area contributed by atoms with E-state index >= 15 is 0 Å². The van der Waals surface area contributed by atoms with Crippen LogP contribution in [0.1, 0.15) is 5.56 Å². The van der Waals surface area contributed by atoms with Crippen LogP contribution in [0.4, 0.5) is 5.88 Å².